The van der Waals surface area contributed by atoms with Crippen LogP contribution in [0.4, 0.5) is 11.4 Å². The zero-order valence-electron chi connectivity index (χ0n) is 24.6. The Kier molecular flexibility index (Phi) is 7.67. The van der Waals surface area contributed by atoms with Crippen LogP contribution in [0.5, 0.6) is 17.2 Å². The van der Waals surface area contributed by atoms with Gasteiger partial charge in [-0.1, -0.05) is 42.0 Å². The zero-order valence-corrected chi connectivity index (χ0v) is 24.6. The van der Waals surface area contributed by atoms with E-state index < -0.39 is 17.6 Å². The highest BCUT2D eigenvalue weighted by Gasteiger charge is 2.40. The van der Waals surface area contributed by atoms with E-state index in [1.165, 1.54) is 0 Å². The van der Waals surface area contributed by atoms with Crippen molar-refractivity contribution in [2.45, 2.75) is 32.4 Å². The molecule has 3 N–H and O–H groups in total. The minimum Gasteiger partial charge on any atom is -0.496 e. The number of carbonyl (C=O) groups excluding carboxylic acids is 2. The van der Waals surface area contributed by atoms with Gasteiger partial charge in [0.1, 0.15) is 22.8 Å². The second-order valence-electron chi connectivity index (χ2n) is 10.9. The molecule has 0 saturated heterocycles. The van der Waals surface area contributed by atoms with Gasteiger partial charge in [0.05, 0.1) is 37.2 Å². The average molecular weight is 566 g/mol. The van der Waals surface area contributed by atoms with Crippen molar-refractivity contribution in [3.05, 3.63) is 101 Å². The molecule has 5 rings (SSSR count). The van der Waals surface area contributed by atoms with Gasteiger partial charge in [-0.15, -0.1) is 0 Å². The van der Waals surface area contributed by atoms with E-state index in [1.807, 2.05) is 75.4 Å². The van der Waals surface area contributed by atoms with Crippen LogP contribution in [-0.4, -0.2) is 38.7 Å². The summed E-state index contributed by atoms with van der Waals surface area (Å²) in [5.74, 6) is 0.898. The number of fused-ring (bicyclic) bond motifs is 1. The molecular weight excluding hydrogens is 530 g/mol. The first kappa shape index (κ1) is 28.7. The van der Waals surface area contributed by atoms with E-state index in [9.17, 15) is 9.59 Å². The van der Waals surface area contributed by atoms with Crippen molar-refractivity contribution in [3.63, 3.8) is 0 Å². The summed E-state index contributed by atoms with van der Waals surface area (Å²) in [6.07, 6.45) is 0. The number of nitrogens with zero attached hydrogens (tertiary/aromatic N) is 1. The van der Waals surface area contributed by atoms with Gasteiger partial charge in [-0.3, -0.25) is 4.79 Å². The Hall–Kier alpha value is -4.82. The van der Waals surface area contributed by atoms with Gasteiger partial charge in [0.2, 0.25) is 0 Å². The number of hydrogen-bond donors (Lipinski definition) is 2. The first-order valence-electron chi connectivity index (χ1n) is 13.6. The normalized spacial score (nSPS) is 14.5. The summed E-state index contributed by atoms with van der Waals surface area (Å²) in [6.45, 7) is 5.66. The molecule has 42 heavy (non-hydrogen) atoms. The third kappa shape index (κ3) is 5.17. The molecule has 8 nitrogen and oxygen atoms in total. The highest BCUT2D eigenvalue weighted by Crippen LogP contribution is 2.48. The molecule has 216 valence electrons. The molecular formula is C34H35N3O5. The number of aryl methyl sites for hydroxylation is 1. The second-order valence-corrected chi connectivity index (χ2v) is 10.9. The Balaban J connectivity index is 1.65. The fourth-order valence-electron chi connectivity index (χ4n) is 5.42. The second kappa shape index (κ2) is 11.2. The van der Waals surface area contributed by atoms with Crippen LogP contribution < -0.4 is 30.2 Å². The van der Waals surface area contributed by atoms with Gasteiger partial charge in [-0.05, 0) is 62.7 Å². The van der Waals surface area contributed by atoms with Crippen LogP contribution in [-0.2, 0) is 4.79 Å². The highest BCUT2D eigenvalue weighted by molar-refractivity contribution is 6.09. The molecule has 1 aliphatic heterocycles. The summed E-state index contributed by atoms with van der Waals surface area (Å²) in [7, 11) is 4.92. The summed E-state index contributed by atoms with van der Waals surface area (Å²) in [5, 5.41) is 3.38. The van der Waals surface area contributed by atoms with E-state index >= 15 is 0 Å². The number of nitrogens with one attached hydrogen (secondary N) is 1. The Bertz CT molecular complexity index is 1660. The largest absolute Gasteiger partial charge is 0.496 e. The Morgan fingerprint density at radius 3 is 2.26 bits per heavy atom. The van der Waals surface area contributed by atoms with Gasteiger partial charge >= 0.3 is 5.97 Å². The molecule has 4 aromatic rings. The monoisotopic (exact) mass is 565 g/mol. The van der Waals surface area contributed by atoms with Crippen molar-refractivity contribution >= 4 is 23.3 Å². The molecule has 0 bridgehead atoms. The van der Waals surface area contributed by atoms with E-state index in [4.69, 9.17) is 19.9 Å². The standard InChI is InChI=1S/C34H35N3O5/c1-20-11-13-21(14-12-20)32(38)42-22-15-16-23(28(19-22)41-6)24-17-18-26-31(37(4)33(39)34(2,3)36-26)29(24)30(35)25-9-7-8-10-27(25)40-5/h7-19,30,36H,35H2,1-6H3. The third-order valence-corrected chi connectivity index (χ3v) is 7.58. The molecule has 0 aromatic heterocycles. The lowest BCUT2D eigenvalue weighted by atomic mass is 9.86. The molecule has 1 heterocycles. The maximum absolute atomic E-state index is 13.4. The summed E-state index contributed by atoms with van der Waals surface area (Å²) in [6, 6.07) is 23.2. The van der Waals surface area contributed by atoms with Crippen LogP contribution in [0.1, 0.15) is 46.9 Å². The molecule has 0 saturated carbocycles. The first-order valence-corrected chi connectivity index (χ1v) is 13.6. The number of ether oxygens (including phenoxy) is 3. The molecule has 0 aliphatic carbocycles. The predicted molar refractivity (Wildman–Crippen MR) is 165 cm³/mol. The fourth-order valence-corrected chi connectivity index (χ4v) is 5.42. The summed E-state index contributed by atoms with van der Waals surface area (Å²) >= 11 is 0. The number of para-hydroxylation sites is 1. The van der Waals surface area contributed by atoms with E-state index in [-0.39, 0.29) is 5.91 Å². The molecule has 0 fully saturated rings. The van der Waals surface area contributed by atoms with E-state index in [2.05, 4.69) is 5.32 Å². The van der Waals surface area contributed by atoms with Crippen LogP contribution in [0.25, 0.3) is 11.1 Å². The summed E-state index contributed by atoms with van der Waals surface area (Å²) in [5.41, 5.74) is 12.2. The van der Waals surface area contributed by atoms with Crippen LogP contribution >= 0.6 is 0 Å². The number of rotatable bonds is 7. The Morgan fingerprint density at radius 1 is 0.905 bits per heavy atom. The first-order chi connectivity index (χ1) is 20.1. The minimum absolute atomic E-state index is 0.0917. The van der Waals surface area contributed by atoms with Crippen molar-refractivity contribution < 1.29 is 23.8 Å². The lowest BCUT2D eigenvalue weighted by Gasteiger charge is -2.40. The van der Waals surface area contributed by atoms with Crippen LogP contribution in [0.3, 0.4) is 0 Å². The molecule has 8 heteroatoms. The van der Waals surface area contributed by atoms with Gasteiger partial charge < -0.3 is 30.2 Å². The smallest absolute Gasteiger partial charge is 0.343 e. The number of esters is 1. The number of hydrogen-bond acceptors (Lipinski definition) is 7. The maximum Gasteiger partial charge on any atom is 0.343 e. The Labute approximate surface area is 246 Å². The number of carbonyl (C=O) groups is 2. The van der Waals surface area contributed by atoms with Crippen molar-refractivity contribution in [3.8, 4) is 28.4 Å². The van der Waals surface area contributed by atoms with Gasteiger partial charge in [0.15, 0.2) is 0 Å². The van der Waals surface area contributed by atoms with E-state index in [0.717, 1.165) is 33.5 Å². The molecule has 1 atom stereocenters. The van der Waals surface area contributed by atoms with Gasteiger partial charge in [0, 0.05) is 29.8 Å². The van der Waals surface area contributed by atoms with Crippen molar-refractivity contribution in [1.29, 1.82) is 0 Å². The molecule has 4 aromatic carbocycles. The number of anilines is 2. The number of benzene rings is 4. The lowest BCUT2D eigenvalue weighted by Crippen LogP contribution is -2.52. The number of nitrogens with two attached hydrogens (primary N) is 1. The van der Waals surface area contributed by atoms with Crippen LogP contribution in [0.15, 0.2) is 78.9 Å². The van der Waals surface area contributed by atoms with Gasteiger partial charge in [0.25, 0.3) is 5.91 Å². The van der Waals surface area contributed by atoms with Crippen molar-refractivity contribution in [1.82, 2.24) is 0 Å². The molecule has 1 amide bonds. The molecule has 0 spiro atoms. The minimum atomic E-state index is -0.796. The van der Waals surface area contributed by atoms with E-state index in [0.29, 0.717) is 28.5 Å². The third-order valence-electron chi connectivity index (χ3n) is 7.58. The van der Waals surface area contributed by atoms with Crippen molar-refractivity contribution in [2.24, 2.45) is 5.73 Å². The summed E-state index contributed by atoms with van der Waals surface area (Å²) in [4.78, 5) is 27.9. The SMILES string of the molecule is COc1cc(OC(=O)c2ccc(C)cc2)ccc1-c1ccc2c(c1C(N)c1ccccc1OC)N(C)C(=O)C(C)(C)N2. The average Bonchev–Trinajstić information content (AvgIpc) is 2.99. The molecule has 0 radical (unpaired) electrons. The zero-order chi connectivity index (χ0) is 30.2. The van der Waals surface area contributed by atoms with Crippen molar-refractivity contribution in [2.75, 3.05) is 31.5 Å². The summed E-state index contributed by atoms with van der Waals surface area (Å²) < 4.78 is 17.1. The lowest BCUT2D eigenvalue weighted by molar-refractivity contribution is -0.121. The van der Waals surface area contributed by atoms with E-state index in [1.54, 1.807) is 50.4 Å². The fraction of sp³-hybridized carbons (Fsp3) is 0.235. The van der Waals surface area contributed by atoms with Gasteiger partial charge in [-0.25, -0.2) is 4.79 Å². The molecule has 1 aliphatic rings. The van der Waals surface area contributed by atoms with Crippen LogP contribution in [0, 0.1) is 6.92 Å². The maximum atomic E-state index is 13.4. The van der Waals surface area contributed by atoms with Crippen LogP contribution in [0.2, 0.25) is 0 Å². The van der Waals surface area contributed by atoms with Gasteiger partial charge in [-0.2, -0.15) is 0 Å². The predicted octanol–water partition coefficient (Wildman–Crippen LogP) is 6.11. The Morgan fingerprint density at radius 2 is 1.57 bits per heavy atom. The number of methoxy groups -OCH3 is 2. The number of amides is 1. The quantitative estimate of drug-likeness (QED) is 0.206. The topological polar surface area (TPSA) is 103 Å². The number of likely N-dealkylation sites (N-methyl/N-ethyl adjacent to an activating group) is 1. The molecule has 1 unspecified atom stereocenters. The highest BCUT2D eigenvalue weighted by atomic mass is 16.5.